The normalized spacial score (nSPS) is 18.2. The van der Waals surface area contributed by atoms with Crippen LogP contribution in [0.5, 0.6) is 0 Å². The molecule has 4 rings (SSSR count). The minimum atomic E-state index is -0.515. The average Bonchev–Trinajstić information content (AvgIpc) is 3.48. The highest BCUT2D eigenvalue weighted by atomic mass is 79.9. The number of hydrogen-bond donors (Lipinski definition) is 5. The molecule has 1 fully saturated rings. The van der Waals surface area contributed by atoms with Gasteiger partial charge in [0.25, 0.3) is 0 Å². The Bertz CT molecular complexity index is 1020. The smallest absolute Gasteiger partial charge is 0.407 e. The Morgan fingerprint density at radius 2 is 2.00 bits per heavy atom. The molecule has 32 heavy (non-hydrogen) atoms. The van der Waals surface area contributed by atoms with Crippen molar-refractivity contribution >= 4 is 39.7 Å². The fourth-order valence-electron chi connectivity index (χ4n) is 3.11. The first-order valence-electron chi connectivity index (χ1n) is 10.6. The van der Waals surface area contributed by atoms with Crippen LogP contribution in [0.3, 0.4) is 0 Å². The molecule has 1 saturated carbocycles. The number of H-pyrrole nitrogens is 1. The number of carbonyl (C=O) groups excluding carboxylic acids is 1. The molecular weight excluding hydrogens is 474 g/mol. The zero-order valence-corrected chi connectivity index (χ0v) is 19.9. The number of rotatable bonds is 7. The summed E-state index contributed by atoms with van der Waals surface area (Å²) in [7, 11) is 0. The van der Waals surface area contributed by atoms with Crippen molar-refractivity contribution in [2.75, 3.05) is 10.6 Å². The van der Waals surface area contributed by atoms with E-state index in [1.54, 1.807) is 6.21 Å². The lowest BCUT2D eigenvalue weighted by Crippen LogP contribution is -2.39. The molecule has 170 valence electrons. The number of hydrogen-bond acceptors (Lipinski definition) is 7. The lowest BCUT2D eigenvalue weighted by Gasteiger charge is -2.24. The molecule has 1 aliphatic carbocycles. The monoisotopic (exact) mass is 501 g/mol. The van der Waals surface area contributed by atoms with E-state index < -0.39 is 11.7 Å². The van der Waals surface area contributed by atoms with Crippen molar-refractivity contribution in [3.05, 3.63) is 51.9 Å². The first kappa shape index (κ1) is 22.2. The Kier molecular flexibility index (Phi) is 6.40. The lowest BCUT2D eigenvalue weighted by atomic mass is 10.2. The Balaban J connectivity index is 1.28. The molecule has 2 aromatic rings. The number of nitrogens with one attached hydrogen (secondary N) is 5. The zero-order valence-electron chi connectivity index (χ0n) is 18.3. The lowest BCUT2D eigenvalue weighted by molar-refractivity contribution is 0.0523. The first-order chi connectivity index (χ1) is 15.2. The van der Waals surface area contributed by atoms with E-state index in [0.717, 1.165) is 27.4 Å². The molecule has 0 spiro atoms. The van der Waals surface area contributed by atoms with Gasteiger partial charge in [-0.3, -0.25) is 5.10 Å². The second-order valence-corrected chi connectivity index (χ2v) is 9.71. The average molecular weight is 502 g/mol. The molecule has 1 aromatic carbocycles. The van der Waals surface area contributed by atoms with Crippen molar-refractivity contribution in [3.8, 4) is 0 Å². The molecule has 1 atom stereocenters. The molecule has 0 radical (unpaired) electrons. The minimum absolute atomic E-state index is 0.341. The van der Waals surface area contributed by atoms with Crippen LogP contribution in [0.15, 0.2) is 45.6 Å². The number of aromatic nitrogens is 2. The summed E-state index contributed by atoms with van der Waals surface area (Å²) in [5.74, 6) is 2.17. The maximum absolute atomic E-state index is 11.8. The molecule has 5 N–H and O–H groups in total. The second-order valence-electron chi connectivity index (χ2n) is 8.85. The van der Waals surface area contributed by atoms with Crippen LogP contribution >= 0.6 is 15.9 Å². The summed E-state index contributed by atoms with van der Waals surface area (Å²) in [6, 6.07) is 9.82. The number of benzene rings is 1. The van der Waals surface area contributed by atoms with Gasteiger partial charge in [-0.25, -0.2) is 9.79 Å². The van der Waals surface area contributed by atoms with E-state index in [2.05, 4.69) is 52.4 Å². The molecule has 1 unspecified atom stereocenters. The number of ether oxygens (including phenoxy) is 1. The van der Waals surface area contributed by atoms with Gasteiger partial charge in [-0.1, -0.05) is 12.1 Å². The number of amides is 1. The Hall–Kier alpha value is -3.01. The Morgan fingerprint density at radius 3 is 2.69 bits per heavy atom. The van der Waals surface area contributed by atoms with Crippen LogP contribution in [0.1, 0.15) is 50.8 Å². The quantitative estimate of drug-likeness (QED) is 0.385. The highest BCUT2D eigenvalue weighted by Gasteiger charge is 2.26. The third kappa shape index (κ3) is 6.25. The summed E-state index contributed by atoms with van der Waals surface area (Å²) in [4.78, 5) is 16.3. The van der Waals surface area contributed by atoms with E-state index in [1.807, 2.05) is 51.1 Å². The summed E-state index contributed by atoms with van der Waals surface area (Å²) in [6.45, 7) is 5.91. The summed E-state index contributed by atoms with van der Waals surface area (Å²) < 4.78 is 6.07. The molecule has 2 heterocycles. The van der Waals surface area contributed by atoms with E-state index in [1.165, 1.54) is 18.5 Å². The van der Waals surface area contributed by atoms with E-state index in [0.29, 0.717) is 12.5 Å². The topological polar surface area (TPSA) is 115 Å². The van der Waals surface area contributed by atoms with Gasteiger partial charge in [0.2, 0.25) is 0 Å². The molecular formula is C22H28BrN7O2. The maximum Gasteiger partial charge on any atom is 0.407 e. The van der Waals surface area contributed by atoms with Gasteiger partial charge in [-0.15, -0.1) is 0 Å². The van der Waals surface area contributed by atoms with Gasteiger partial charge < -0.3 is 26.0 Å². The summed E-state index contributed by atoms with van der Waals surface area (Å²) in [6.07, 6.45) is 3.43. The highest BCUT2D eigenvalue weighted by molar-refractivity contribution is 9.12. The molecule has 10 heteroatoms. The summed E-state index contributed by atoms with van der Waals surface area (Å²) >= 11 is 3.52. The van der Waals surface area contributed by atoms with Crippen molar-refractivity contribution < 1.29 is 9.53 Å². The largest absolute Gasteiger partial charge is 0.444 e. The van der Waals surface area contributed by atoms with Gasteiger partial charge in [0.15, 0.2) is 12.1 Å². The van der Waals surface area contributed by atoms with E-state index in [-0.39, 0.29) is 6.29 Å². The predicted octanol–water partition coefficient (Wildman–Crippen LogP) is 4.36. The summed E-state index contributed by atoms with van der Waals surface area (Å²) in [5, 5.41) is 20.1. The number of aromatic amines is 1. The second kappa shape index (κ2) is 9.23. The number of allylic oxidation sites excluding steroid dienone is 1. The highest BCUT2D eigenvalue weighted by Crippen LogP contribution is 2.39. The van der Waals surface area contributed by atoms with E-state index in [9.17, 15) is 4.79 Å². The van der Waals surface area contributed by atoms with Gasteiger partial charge in [-0.05, 0) is 67.2 Å². The van der Waals surface area contributed by atoms with Crippen LogP contribution in [-0.4, -0.2) is 34.4 Å². The SMILES string of the molecule is CC(C)(C)OC(=O)NCc1ccc(NC2N=CC(Br)=C(Nc3cc(C4CC4)[nH]n3)N2)cc1. The predicted molar refractivity (Wildman–Crippen MR) is 129 cm³/mol. The van der Waals surface area contributed by atoms with Crippen LogP contribution in [0.2, 0.25) is 0 Å². The van der Waals surface area contributed by atoms with Crippen molar-refractivity contribution in [1.82, 2.24) is 20.8 Å². The van der Waals surface area contributed by atoms with E-state index in [4.69, 9.17) is 4.74 Å². The number of anilines is 2. The van der Waals surface area contributed by atoms with Gasteiger partial charge >= 0.3 is 6.09 Å². The van der Waals surface area contributed by atoms with Crippen molar-refractivity contribution in [3.63, 3.8) is 0 Å². The number of halogens is 1. The number of carbonyl (C=O) groups is 1. The minimum Gasteiger partial charge on any atom is -0.444 e. The Morgan fingerprint density at radius 1 is 1.25 bits per heavy atom. The maximum atomic E-state index is 11.8. The van der Waals surface area contributed by atoms with Crippen LogP contribution < -0.4 is 21.3 Å². The van der Waals surface area contributed by atoms with Crippen molar-refractivity contribution in [2.24, 2.45) is 4.99 Å². The van der Waals surface area contributed by atoms with Gasteiger partial charge in [0.1, 0.15) is 11.4 Å². The standard InChI is InChI=1S/C22H28BrN7O2/c1-22(2,3)32-21(31)25-11-13-4-8-15(9-5-13)26-20-24-12-16(23)19(28-20)27-18-10-17(29-30-18)14-6-7-14/h4-5,8-10,12,14,20,26,28H,6-7,11H2,1-3H3,(H,25,31)(H2,27,29,30). The van der Waals surface area contributed by atoms with Gasteiger partial charge in [-0.2, -0.15) is 5.10 Å². The number of nitrogens with zero attached hydrogens (tertiary/aromatic N) is 2. The summed E-state index contributed by atoms with van der Waals surface area (Å²) in [5.41, 5.74) is 2.52. The Labute approximate surface area is 195 Å². The van der Waals surface area contributed by atoms with Crippen molar-refractivity contribution in [2.45, 2.75) is 58.0 Å². The third-order valence-corrected chi connectivity index (χ3v) is 5.42. The first-order valence-corrected chi connectivity index (χ1v) is 11.4. The molecule has 1 aliphatic heterocycles. The van der Waals surface area contributed by atoms with Crippen LogP contribution in [0, 0.1) is 0 Å². The number of alkyl carbamates (subject to hydrolysis) is 1. The third-order valence-electron chi connectivity index (χ3n) is 4.82. The molecule has 2 aliphatic rings. The molecule has 9 nitrogen and oxygen atoms in total. The molecule has 0 saturated heterocycles. The fraction of sp³-hybridized carbons (Fsp3) is 0.409. The van der Waals surface area contributed by atoms with Crippen LogP contribution in [-0.2, 0) is 11.3 Å². The van der Waals surface area contributed by atoms with Crippen LogP contribution in [0.25, 0.3) is 0 Å². The van der Waals surface area contributed by atoms with Gasteiger partial charge in [0, 0.05) is 36.1 Å². The number of aliphatic imine (C=N–C) groups is 1. The van der Waals surface area contributed by atoms with Crippen LogP contribution in [0.4, 0.5) is 16.3 Å². The van der Waals surface area contributed by atoms with E-state index >= 15 is 0 Å². The molecule has 0 bridgehead atoms. The van der Waals surface area contributed by atoms with Crippen molar-refractivity contribution in [1.29, 1.82) is 0 Å². The molecule has 1 amide bonds. The molecule has 1 aromatic heterocycles. The fourth-order valence-corrected chi connectivity index (χ4v) is 3.45. The van der Waals surface area contributed by atoms with Gasteiger partial charge in [0.05, 0.1) is 4.48 Å². The zero-order chi connectivity index (χ0) is 22.7.